The van der Waals surface area contributed by atoms with Gasteiger partial charge in [0.2, 0.25) is 5.88 Å². The molecule has 0 N–H and O–H groups in total. The van der Waals surface area contributed by atoms with Crippen LogP contribution >= 0.6 is 22.6 Å². The number of aromatic nitrogens is 2. The molecule has 1 heterocycles. The second-order valence-corrected chi connectivity index (χ2v) is 3.67. The van der Waals surface area contributed by atoms with Gasteiger partial charge in [-0.2, -0.15) is 8.78 Å². The summed E-state index contributed by atoms with van der Waals surface area (Å²) in [4.78, 5) is 6.99. The predicted molar refractivity (Wildman–Crippen MR) is 61.6 cm³/mol. The molecule has 0 atom stereocenters. The number of hydrogen-bond acceptors (Lipinski definition) is 3. The average molecular weight is 380 g/mol. The zero-order valence-electron chi connectivity index (χ0n) is 8.59. The van der Waals surface area contributed by atoms with Gasteiger partial charge < -0.3 is 4.74 Å². The fourth-order valence-electron chi connectivity index (χ4n) is 0.803. The molecule has 0 amide bonds. The Morgan fingerprint density at radius 3 is 2.50 bits per heavy atom. The van der Waals surface area contributed by atoms with Crippen molar-refractivity contribution in [1.29, 1.82) is 0 Å². The van der Waals surface area contributed by atoms with Crippen LogP contribution in [0.25, 0.3) is 5.83 Å². The van der Waals surface area contributed by atoms with Crippen molar-refractivity contribution in [3.05, 3.63) is 22.2 Å². The molecule has 0 aliphatic carbocycles. The smallest absolute Gasteiger partial charge is 0.340 e. The van der Waals surface area contributed by atoms with Crippen molar-refractivity contribution in [3.8, 4) is 5.88 Å². The van der Waals surface area contributed by atoms with E-state index in [4.69, 9.17) is 0 Å². The van der Waals surface area contributed by atoms with Gasteiger partial charge in [-0.05, 0) is 22.6 Å². The Balaban J connectivity index is 2.65. The van der Waals surface area contributed by atoms with Gasteiger partial charge in [0.05, 0.1) is 12.4 Å². The van der Waals surface area contributed by atoms with E-state index in [9.17, 15) is 22.0 Å². The molecule has 0 aliphatic heterocycles. The van der Waals surface area contributed by atoms with Crippen molar-refractivity contribution >= 4 is 28.4 Å². The standard InChI is InChI=1S/C9H6F5IN2O/c10-5(1-15)6-2-17-7(3-16-6)18-4-9(13,14)8(11)12/h1-3,8H,4H2/b5-1-. The molecule has 0 spiro atoms. The summed E-state index contributed by atoms with van der Waals surface area (Å²) in [6.07, 6.45) is -2.01. The summed E-state index contributed by atoms with van der Waals surface area (Å²) in [5.41, 5.74) is -0.114. The molecule has 18 heavy (non-hydrogen) atoms. The minimum atomic E-state index is -4.27. The van der Waals surface area contributed by atoms with E-state index in [1.165, 1.54) is 0 Å². The summed E-state index contributed by atoms with van der Waals surface area (Å²) in [6.45, 7) is -1.52. The zero-order chi connectivity index (χ0) is 13.8. The van der Waals surface area contributed by atoms with Gasteiger partial charge in [-0.15, -0.1) is 0 Å². The molecule has 3 nitrogen and oxygen atoms in total. The largest absolute Gasteiger partial charge is 0.470 e. The number of rotatable bonds is 5. The van der Waals surface area contributed by atoms with Gasteiger partial charge in [-0.25, -0.2) is 23.1 Å². The number of halogens is 6. The average Bonchev–Trinajstić information content (AvgIpc) is 2.36. The van der Waals surface area contributed by atoms with Crippen LogP contribution in [-0.4, -0.2) is 28.9 Å². The van der Waals surface area contributed by atoms with Gasteiger partial charge in [-0.1, -0.05) is 0 Å². The molecule has 9 heteroatoms. The van der Waals surface area contributed by atoms with Crippen LogP contribution in [0.2, 0.25) is 0 Å². The molecule has 0 saturated carbocycles. The molecule has 0 saturated heterocycles. The van der Waals surface area contributed by atoms with E-state index in [0.29, 0.717) is 0 Å². The lowest BCUT2D eigenvalue weighted by atomic mass is 10.4. The highest BCUT2D eigenvalue weighted by atomic mass is 127. The minimum Gasteiger partial charge on any atom is -0.470 e. The van der Waals surface area contributed by atoms with Gasteiger partial charge >= 0.3 is 12.3 Å². The maximum atomic E-state index is 13.0. The number of hydrogen-bond donors (Lipinski definition) is 0. The number of ether oxygens (including phenoxy) is 1. The number of alkyl halides is 4. The van der Waals surface area contributed by atoms with Gasteiger partial charge in [0.25, 0.3) is 0 Å². The van der Waals surface area contributed by atoms with E-state index in [1.807, 2.05) is 0 Å². The summed E-state index contributed by atoms with van der Waals surface area (Å²) in [7, 11) is 0. The van der Waals surface area contributed by atoms with Gasteiger partial charge in [0.15, 0.2) is 12.4 Å². The Kier molecular flexibility index (Phi) is 5.23. The van der Waals surface area contributed by atoms with Crippen LogP contribution in [0.1, 0.15) is 5.69 Å². The second-order valence-electron chi connectivity index (χ2n) is 3.05. The Labute approximate surface area is 112 Å². The van der Waals surface area contributed by atoms with Crippen molar-refractivity contribution in [2.45, 2.75) is 12.3 Å². The molecule has 1 rings (SSSR count). The highest BCUT2D eigenvalue weighted by molar-refractivity contribution is 14.1. The SMILES string of the molecule is F/C(=C\I)c1cnc(OCC(F)(F)C(F)F)cn1. The lowest BCUT2D eigenvalue weighted by Gasteiger charge is -2.15. The minimum absolute atomic E-state index is 0.114. The Hall–Kier alpha value is -1.00. The molecular weight excluding hydrogens is 374 g/mol. The fourth-order valence-corrected chi connectivity index (χ4v) is 1.12. The van der Waals surface area contributed by atoms with Crippen molar-refractivity contribution < 1.29 is 26.7 Å². The van der Waals surface area contributed by atoms with Gasteiger partial charge in [0, 0.05) is 4.08 Å². The van der Waals surface area contributed by atoms with Crippen molar-refractivity contribution in [3.63, 3.8) is 0 Å². The molecule has 0 radical (unpaired) electrons. The quantitative estimate of drug-likeness (QED) is 0.580. The first-order valence-corrected chi connectivity index (χ1v) is 5.68. The van der Waals surface area contributed by atoms with Crippen LogP contribution < -0.4 is 4.74 Å². The molecule has 0 bridgehead atoms. The third kappa shape index (κ3) is 4.03. The van der Waals surface area contributed by atoms with E-state index < -0.39 is 24.8 Å². The lowest BCUT2D eigenvalue weighted by Crippen LogP contribution is -2.33. The Bertz CT molecular complexity index is 423. The third-order valence-electron chi connectivity index (χ3n) is 1.70. The van der Waals surface area contributed by atoms with Crippen LogP contribution in [0.5, 0.6) is 5.88 Å². The predicted octanol–water partition coefficient (Wildman–Crippen LogP) is 3.46. The first-order valence-electron chi connectivity index (χ1n) is 4.44. The maximum absolute atomic E-state index is 13.0. The van der Waals surface area contributed by atoms with Crippen LogP contribution in [0.3, 0.4) is 0 Å². The summed E-state index contributed by atoms with van der Waals surface area (Å²) in [5.74, 6) is -5.32. The summed E-state index contributed by atoms with van der Waals surface area (Å²) >= 11 is 1.64. The van der Waals surface area contributed by atoms with E-state index in [0.717, 1.165) is 16.5 Å². The normalized spacial score (nSPS) is 12.9. The van der Waals surface area contributed by atoms with E-state index in [-0.39, 0.29) is 11.6 Å². The molecule has 1 aromatic rings. The fraction of sp³-hybridized carbons (Fsp3) is 0.333. The molecule has 0 unspecified atom stereocenters. The van der Waals surface area contributed by atoms with Crippen molar-refractivity contribution in [2.24, 2.45) is 0 Å². The molecule has 100 valence electrons. The molecule has 0 aromatic carbocycles. The molecule has 0 aliphatic rings. The van der Waals surface area contributed by atoms with Crippen molar-refractivity contribution in [2.75, 3.05) is 6.61 Å². The molecular formula is C9H6F5IN2O. The molecule has 1 aromatic heterocycles. The van der Waals surface area contributed by atoms with E-state index in [2.05, 4.69) is 14.7 Å². The van der Waals surface area contributed by atoms with Crippen LogP contribution in [0.4, 0.5) is 22.0 Å². The van der Waals surface area contributed by atoms with Crippen LogP contribution in [-0.2, 0) is 0 Å². The maximum Gasteiger partial charge on any atom is 0.340 e. The third-order valence-corrected chi connectivity index (χ3v) is 2.25. The van der Waals surface area contributed by atoms with Crippen molar-refractivity contribution in [1.82, 2.24) is 9.97 Å². The Morgan fingerprint density at radius 2 is 2.06 bits per heavy atom. The summed E-state index contributed by atoms with van der Waals surface area (Å²) in [6, 6.07) is 0. The van der Waals surface area contributed by atoms with Crippen LogP contribution in [0.15, 0.2) is 16.5 Å². The highest BCUT2D eigenvalue weighted by Gasteiger charge is 2.41. The zero-order valence-corrected chi connectivity index (χ0v) is 10.7. The van der Waals surface area contributed by atoms with E-state index >= 15 is 0 Å². The van der Waals surface area contributed by atoms with Gasteiger partial charge in [0.1, 0.15) is 5.69 Å². The summed E-state index contributed by atoms with van der Waals surface area (Å²) in [5, 5.41) is 0. The highest BCUT2D eigenvalue weighted by Crippen LogP contribution is 2.23. The van der Waals surface area contributed by atoms with Gasteiger partial charge in [-0.3, -0.25) is 0 Å². The monoisotopic (exact) mass is 380 g/mol. The summed E-state index contributed by atoms with van der Waals surface area (Å²) < 4.78 is 67.0. The van der Waals surface area contributed by atoms with Crippen LogP contribution in [0, 0.1) is 0 Å². The topological polar surface area (TPSA) is 35.0 Å². The molecule has 0 fully saturated rings. The second kappa shape index (κ2) is 6.25. The van der Waals surface area contributed by atoms with E-state index in [1.54, 1.807) is 22.6 Å². The number of nitrogens with zero attached hydrogens (tertiary/aromatic N) is 2. The first-order chi connectivity index (χ1) is 8.36. The Morgan fingerprint density at radius 1 is 1.39 bits per heavy atom. The first kappa shape index (κ1) is 15.1. The lowest BCUT2D eigenvalue weighted by molar-refractivity contribution is -0.148.